The first-order valence-electron chi connectivity index (χ1n) is 7.79. The zero-order chi connectivity index (χ0) is 12.2. The number of rotatable bonds is 3. The summed E-state index contributed by atoms with van der Waals surface area (Å²) in [5.74, 6) is 4.33. The maximum Gasteiger partial charge on any atom is 0.110 e. The highest BCUT2D eigenvalue weighted by molar-refractivity contribution is 5.17. The van der Waals surface area contributed by atoms with Crippen LogP contribution in [0.2, 0.25) is 0 Å². The van der Waals surface area contributed by atoms with E-state index in [2.05, 4.69) is 18.4 Å². The van der Waals surface area contributed by atoms with Gasteiger partial charge in [-0.05, 0) is 74.8 Å². The zero-order valence-electron chi connectivity index (χ0n) is 11.5. The molecule has 1 atom stereocenters. The molecule has 0 amide bonds. The Bertz CT molecular complexity index is 338. The minimum Gasteiger partial charge on any atom is -0.496 e. The van der Waals surface area contributed by atoms with E-state index in [4.69, 9.17) is 4.74 Å². The molecule has 0 radical (unpaired) electrons. The van der Waals surface area contributed by atoms with Gasteiger partial charge in [0.05, 0.1) is 12.6 Å². The normalized spacial score (nSPS) is 46.9. The second kappa shape index (κ2) is 4.00. The van der Waals surface area contributed by atoms with Gasteiger partial charge in [-0.2, -0.15) is 0 Å². The Kier molecular flexibility index (Phi) is 2.52. The molecular formula is C16H25NO. The second-order valence-corrected chi connectivity index (χ2v) is 7.25. The summed E-state index contributed by atoms with van der Waals surface area (Å²) in [6, 6.07) is 0.494. The predicted molar refractivity (Wildman–Crippen MR) is 72.1 cm³/mol. The third-order valence-corrected chi connectivity index (χ3v) is 6.00. The van der Waals surface area contributed by atoms with Gasteiger partial charge in [0.2, 0.25) is 0 Å². The minimum atomic E-state index is 0.494. The maximum absolute atomic E-state index is 5.89. The van der Waals surface area contributed by atoms with Gasteiger partial charge >= 0.3 is 0 Å². The Morgan fingerprint density at radius 3 is 2.22 bits per heavy atom. The van der Waals surface area contributed by atoms with Gasteiger partial charge in [0.15, 0.2) is 0 Å². The summed E-state index contributed by atoms with van der Waals surface area (Å²) in [5.41, 5.74) is 0.527. The predicted octanol–water partition coefficient (Wildman–Crippen LogP) is 3.10. The molecule has 4 saturated carbocycles. The molecule has 18 heavy (non-hydrogen) atoms. The molecule has 0 aromatic heterocycles. The van der Waals surface area contributed by atoms with E-state index in [9.17, 15) is 0 Å². The fourth-order valence-corrected chi connectivity index (χ4v) is 5.92. The number of likely N-dealkylation sites (N-methyl/N-ethyl adjacent to an activating group) is 1. The van der Waals surface area contributed by atoms with Crippen LogP contribution in [-0.2, 0) is 4.74 Å². The summed E-state index contributed by atoms with van der Waals surface area (Å²) in [6.45, 7) is 0.903. The summed E-state index contributed by atoms with van der Waals surface area (Å²) in [4.78, 5) is 0. The lowest BCUT2D eigenvalue weighted by molar-refractivity contribution is -0.0732. The van der Waals surface area contributed by atoms with E-state index < -0.39 is 0 Å². The lowest BCUT2D eigenvalue weighted by Crippen LogP contribution is -2.56. The summed E-state index contributed by atoms with van der Waals surface area (Å²) in [5, 5.41) is 3.61. The van der Waals surface area contributed by atoms with Gasteiger partial charge in [0.25, 0.3) is 0 Å². The molecule has 1 heterocycles. The lowest BCUT2D eigenvalue weighted by atomic mass is 9.47. The van der Waals surface area contributed by atoms with Gasteiger partial charge in [-0.25, -0.2) is 0 Å². The molecule has 1 unspecified atom stereocenters. The maximum atomic E-state index is 5.89. The summed E-state index contributed by atoms with van der Waals surface area (Å²) >= 11 is 0. The van der Waals surface area contributed by atoms with Gasteiger partial charge in [0, 0.05) is 6.42 Å². The van der Waals surface area contributed by atoms with Crippen LogP contribution in [-0.4, -0.2) is 19.7 Å². The zero-order valence-corrected chi connectivity index (χ0v) is 11.5. The highest BCUT2D eigenvalue weighted by atomic mass is 16.5. The van der Waals surface area contributed by atoms with Crippen molar-refractivity contribution in [3.05, 3.63) is 11.8 Å². The molecule has 5 rings (SSSR count). The van der Waals surface area contributed by atoms with Crippen LogP contribution < -0.4 is 5.32 Å². The molecule has 2 nitrogen and oxygen atoms in total. The van der Waals surface area contributed by atoms with Crippen molar-refractivity contribution in [1.82, 2.24) is 5.32 Å². The van der Waals surface area contributed by atoms with Crippen molar-refractivity contribution >= 4 is 0 Å². The van der Waals surface area contributed by atoms with E-state index in [1.165, 1.54) is 44.3 Å². The van der Waals surface area contributed by atoms with Gasteiger partial charge in [-0.3, -0.25) is 0 Å². The first kappa shape index (κ1) is 11.3. The van der Waals surface area contributed by atoms with Crippen molar-refractivity contribution in [1.29, 1.82) is 0 Å². The third kappa shape index (κ3) is 1.57. The van der Waals surface area contributed by atoms with Gasteiger partial charge in [-0.15, -0.1) is 0 Å². The summed E-state index contributed by atoms with van der Waals surface area (Å²) in [7, 11) is 2.13. The van der Waals surface area contributed by atoms with E-state index in [0.29, 0.717) is 11.5 Å². The molecule has 1 aliphatic heterocycles. The largest absolute Gasteiger partial charge is 0.496 e. The van der Waals surface area contributed by atoms with E-state index in [-0.39, 0.29) is 0 Å². The molecule has 0 aromatic rings. The second-order valence-electron chi connectivity index (χ2n) is 7.25. The van der Waals surface area contributed by atoms with E-state index in [1.54, 1.807) is 0 Å². The molecule has 100 valence electrons. The fraction of sp³-hybridized carbons (Fsp3) is 0.875. The molecule has 5 aliphatic rings. The Morgan fingerprint density at radius 2 is 1.78 bits per heavy atom. The Balaban J connectivity index is 1.65. The average Bonchev–Trinajstić information content (AvgIpc) is 2.81. The monoisotopic (exact) mass is 247 g/mol. The standard InChI is InChI=1S/C16H25NO/c1-17-15(14-3-2-4-18-14)16-8-11-5-12(9-16)7-13(6-11)10-16/h3,11-13,15,17H,2,4-10H2,1H3. The molecule has 0 spiro atoms. The van der Waals surface area contributed by atoms with Crippen molar-refractivity contribution in [2.75, 3.05) is 13.7 Å². The topological polar surface area (TPSA) is 21.3 Å². The first-order valence-corrected chi connectivity index (χ1v) is 7.79. The Labute approximate surface area is 110 Å². The molecule has 4 aliphatic carbocycles. The smallest absolute Gasteiger partial charge is 0.110 e. The van der Waals surface area contributed by atoms with Crippen LogP contribution in [0.4, 0.5) is 0 Å². The van der Waals surface area contributed by atoms with Crippen molar-refractivity contribution in [3.63, 3.8) is 0 Å². The fourth-order valence-electron chi connectivity index (χ4n) is 5.92. The van der Waals surface area contributed by atoms with Gasteiger partial charge in [0.1, 0.15) is 5.76 Å². The van der Waals surface area contributed by atoms with E-state index >= 15 is 0 Å². The number of nitrogens with one attached hydrogen (secondary N) is 1. The third-order valence-electron chi connectivity index (χ3n) is 6.00. The van der Waals surface area contributed by atoms with Crippen LogP contribution in [0.3, 0.4) is 0 Å². The first-order chi connectivity index (χ1) is 8.79. The van der Waals surface area contributed by atoms with E-state index in [0.717, 1.165) is 30.8 Å². The number of hydrogen-bond donors (Lipinski definition) is 1. The number of ether oxygens (including phenoxy) is 1. The van der Waals surface area contributed by atoms with Crippen molar-refractivity contribution in [2.45, 2.75) is 51.0 Å². The van der Waals surface area contributed by atoms with Crippen LogP contribution in [0, 0.1) is 23.2 Å². The molecule has 0 saturated heterocycles. The molecular weight excluding hydrogens is 222 g/mol. The minimum absolute atomic E-state index is 0.494. The van der Waals surface area contributed by atoms with Crippen molar-refractivity contribution in [3.8, 4) is 0 Å². The molecule has 4 bridgehead atoms. The van der Waals surface area contributed by atoms with Crippen LogP contribution in [0.5, 0.6) is 0 Å². The van der Waals surface area contributed by atoms with Crippen LogP contribution in [0.1, 0.15) is 44.9 Å². The number of hydrogen-bond acceptors (Lipinski definition) is 2. The SMILES string of the molecule is CNC(C1=CCCO1)C12CC3CC(CC(C3)C1)C2. The van der Waals surface area contributed by atoms with Crippen molar-refractivity contribution in [2.24, 2.45) is 23.2 Å². The highest BCUT2D eigenvalue weighted by Gasteiger charge is 2.55. The summed E-state index contributed by atoms with van der Waals surface area (Å²) < 4.78 is 5.89. The molecule has 0 aromatic carbocycles. The van der Waals surface area contributed by atoms with Crippen molar-refractivity contribution < 1.29 is 4.74 Å². The average molecular weight is 247 g/mol. The lowest BCUT2D eigenvalue weighted by Gasteiger charge is -2.59. The van der Waals surface area contributed by atoms with Gasteiger partial charge in [-0.1, -0.05) is 0 Å². The molecule has 1 N–H and O–H groups in total. The van der Waals surface area contributed by atoms with E-state index in [1.807, 2.05) is 0 Å². The quantitative estimate of drug-likeness (QED) is 0.827. The van der Waals surface area contributed by atoms with Crippen LogP contribution in [0.25, 0.3) is 0 Å². The Morgan fingerprint density at radius 1 is 1.17 bits per heavy atom. The summed E-state index contributed by atoms with van der Waals surface area (Å²) in [6.07, 6.45) is 12.4. The van der Waals surface area contributed by atoms with Gasteiger partial charge < -0.3 is 10.1 Å². The highest BCUT2D eigenvalue weighted by Crippen LogP contribution is 2.62. The molecule has 4 fully saturated rings. The molecule has 2 heteroatoms. The van der Waals surface area contributed by atoms with Crippen LogP contribution >= 0.6 is 0 Å². The van der Waals surface area contributed by atoms with Crippen LogP contribution in [0.15, 0.2) is 11.8 Å². The Hall–Kier alpha value is -0.500.